The molecule has 0 bridgehead atoms. The molecule has 0 spiro atoms. The topological polar surface area (TPSA) is 102 Å². The van der Waals surface area contributed by atoms with Gasteiger partial charge in [-0.3, -0.25) is 0 Å². The third-order valence-electron chi connectivity index (χ3n) is 14.1. The van der Waals surface area contributed by atoms with E-state index in [4.69, 9.17) is 52.1 Å². The summed E-state index contributed by atoms with van der Waals surface area (Å²) in [5.41, 5.74) is 7.44. The third kappa shape index (κ3) is 25.6. The number of benzene rings is 2. The molecule has 0 unspecified atom stereocenters. The Balaban J connectivity index is 0.000000250. The quantitative estimate of drug-likeness (QED) is 0.236. The predicted octanol–water partition coefficient (Wildman–Crippen LogP) is 11.2. The Bertz CT molecular complexity index is 1300. The normalized spacial score (nSPS) is 23.9. The zero-order valence-electron chi connectivity index (χ0n) is 46.3. The van der Waals surface area contributed by atoms with E-state index in [1.165, 1.54) is 101 Å². The molecule has 6 saturated heterocycles. The fourth-order valence-electron chi connectivity index (χ4n) is 9.25. The van der Waals surface area contributed by atoms with Gasteiger partial charge in [-0.25, -0.2) is 0 Å². The van der Waals surface area contributed by atoms with E-state index in [1.54, 1.807) is 22.3 Å². The van der Waals surface area contributed by atoms with Crippen molar-refractivity contribution in [3.63, 3.8) is 0 Å². The average molecular weight is 1010 g/mol. The molecule has 2 aromatic carbocycles. The zero-order chi connectivity index (χ0) is 49.5. The van der Waals surface area contributed by atoms with Crippen molar-refractivity contribution in [2.45, 2.75) is 167 Å². The van der Waals surface area contributed by atoms with Gasteiger partial charge in [0.25, 0.3) is 0 Å². The van der Waals surface area contributed by atoms with Crippen molar-refractivity contribution >= 4 is 62.2 Å². The first-order valence-corrected chi connectivity index (χ1v) is 27.3. The van der Waals surface area contributed by atoms with E-state index in [1.807, 2.05) is 0 Å². The molecule has 2 aliphatic carbocycles. The molecule has 0 aromatic heterocycles. The first kappa shape index (κ1) is 64.2. The second-order valence-electron chi connectivity index (χ2n) is 21.9. The Morgan fingerprint density at radius 2 is 0.357 bits per heavy atom. The van der Waals surface area contributed by atoms with E-state index in [-0.39, 0.29) is 73.0 Å². The standard InChI is InChI=1S/C26H36.C12H24O6.5C4H8O.K/c1-23(2)9-10-24(3,4)20-14-18-16-22-21(15-17(18)13-19(20)23)25(5,6)11-12-26(22,7)8;1-2-14-5-6-16-9-10-18-12-11-17-8-7-15-4-3-13-1;5*1-2-4-5-3-1;/h13-16H,9-12H2,1-8H3;1-12H2;5*1-4H2;. The molecular weight excluding hydrogens is 912 g/mol. The Labute approximate surface area is 469 Å². The van der Waals surface area contributed by atoms with Crippen LogP contribution >= 0.6 is 0 Å². The van der Waals surface area contributed by atoms with Crippen molar-refractivity contribution < 1.29 is 52.1 Å². The van der Waals surface area contributed by atoms with Crippen molar-refractivity contribution in [3.8, 4) is 0 Å². The van der Waals surface area contributed by atoms with Gasteiger partial charge in [-0.15, -0.1) is 0 Å². The van der Waals surface area contributed by atoms with Crippen LogP contribution in [0, 0.1) is 0 Å². The Hall–Kier alpha value is -0.104. The van der Waals surface area contributed by atoms with Gasteiger partial charge in [-0.1, -0.05) is 79.7 Å². The number of ether oxygens (including phenoxy) is 11. The van der Waals surface area contributed by atoms with E-state index in [0.717, 1.165) is 66.1 Å². The van der Waals surface area contributed by atoms with Crippen LogP contribution in [0.1, 0.15) is 168 Å². The summed E-state index contributed by atoms with van der Waals surface area (Å²) in [5, 5.41) is 2.89. The monoisotopic (exact) mass is 1010 g/mol. The summed E-state index contributed by atoms with van der Waals surface area (Å²) in [4.78, 5) is 0. The average Bonchev–Trinajstić information content (AvgIpc) is 4.20. The van der Waals surface area contributed by atoms with Gasteiger partial charge in [0.1, 0.15) is 0 Å². The molecule has 0 N–H and O–H groups in total. The molecule has 6 fully saturated rings. The summed E-state index contributed by atoms with van der Waals surface area (Å²) in [7, 11) is 0. The van der Waals surface area contributed by atoms with Crippen LogP contribution in [0.3, 0.4) is 0 Å². The number of fused-ring (bicyclic) bond motifs is 3. The minimum Gasteiger partial charge on any atom is -0.381 e. The summed E-state index contributed by atoms with van der Waals surface area (Å²) >= 11 is 0. The fourth-order valence-corrected chi connectivity index (χ4v) is 9.25. The van der Waals surface area contributed by atoms with Crippen molar-refractivity contribution in [1.29, 1.82) is 0 Å². The van der Waals surface area contributed by atoms with Crippen LogP contribution in [0.25, 0.3) is 10.8 Å². The van der Waals surface area contributed by atoms with Gasteiger partial charge < -0.3 is 52.1 Å². The minimum absolute atomic E-state index is 0. The van der Waals surface area contributed by atoms with E-state index >= 15 is 0 Å². The van der Waals surface area contributed by atoms with Gasteiger partial charge in [0.05, 0.1) is 79.3 Å². The molecule has 70 heavy (non-hydrogen) atoms. The molecule has 2 aromatic rings. The second kappa shape index (κ2) is 36.8. The maximum absolute atomic E-state index is 5.33. The Morgan fingerprint density at radius 1 is 0.229 bits per heavy atom. The van der Waals surface area contributed by atoms with Gasteiger partial charge in [0.2, 0.25) is 0 Å². The van der Waals surface area contributed by atoms with Crippen LogP contribution in [-0.4, -0.2) is 197 Å². The van der Waals surface area contributed by atoms with Crippen molar-refractivity contribution in [2.24, 2.45) is 0 Å². The van der Waals surface area contributed by atoms with Crippen LogP contribution in [0.15, 0.2) is 24.3 Å². The van der Waals surface area contributed by atoms with Gasteiger partial charge in [0, 0.05) is 117 Å². The molecule has 399 valence electrons. The van der Waals surface area contributed by atoms with E-state index in [0.29, 0.717) is 79.3 Å². The second-order valence-corrected chi connectivity index (χ2v) is 21.9. The fraction of sp³-hybridized carbons (Fsp3) is 0.828. The summed E-state index contributed by atoms with van der Waals surface area (Å²) in [6.07, 6.45) is 17.9. The smallest absolute Gasteiger partial charge is 0.0701 e. The first-order valence-electron chi connectivity index (χ1n) is 27.3. The third-order valence-corrected chi connectivity index (χ3v) is 14.1. The Morgan fingerprint density at radius 3 is 0.471 bits per heavy atom. The summed E-state index contributed by atoms with van der Waals surface area (Å²) in [6.45, 7) is 36.5. The molecule has 6 aliphatic heterocycles. The SMILES string of the molecule is C1CCOC1.C1CCOC1.C1CCOC1.C1CCOC1.C1CCOC1.C1COCCOCCOCCOCCOCCO1.CC1(C)CCC(C)(C)c2cc3cc4c(cc3cc21)C(C)(C)CCC4(C)C.[K]. The van der Waals surface area contributed by atoms with Crippen LogP contribution in [0.2, 0.25) is 0 Å². The minimum atomic E-state index is 0. The van der Waals surface area contributed by atoms with Crippen molar-refractivity contribution in [2.75, 3.05) is 145 Å². The molecule has 0 saturated carbocycles. The van der Waals surface area contributed by atoms with Crippen molar-refractivity contribution in [1.82, 2.24) is 0 Å². The maximum Gasteiger partial charge on any atom is 0.0701 e. The Kier molecular flexibility index (Phi) is 33.7. The largest absolute Gasteiger partial charge is 0.381 e. The molecule has 11 nitrogen and oxygen atoms in total. The van der Waals surface area contributed by atoms with Gasteiger partial charge in [0.15, 0.2) is 0 Å². The van der Waals surface area contributed by atoms with E-state index in [2.05, 4.69) is 79.7 Å². The molecule has 8 aliphatic rings. The number of rotatable bonds is 0. The molecule has 6 heterocycles. The molecule has 10 rings (SSSR count). The molecule has 1 radical (unpaired) electrons. The van der Waals surface area contributed by atoms with Gasteiger partial charge in [-0.05, 0) is 145 Å². The molecular formula is C58H100KO11. The van der Waals surface area contributed by atoms with Crippen LogP contribution in [0.4, 0.5) is 0 Å². The summed E-state index contributed by atoms with van der Waals surface area (Å²) in [6, 6.07) is 10.1. The molecule has 0 amide bonds. The maximum atomic E-state index is 5.33. The van der Waals surface area contributed by atoms with Crippen LogP contribution < -0.4 is 0 Å². The van der Waals surface area contributed by atoms with Crippen molar-refractivity contribution in [3.05, 3.63) is 46.5 Å². The summed E-state index contributed by atoms with van der Waals surface area (Å²) < 4.78 is 56.7. The zero-order valence-corrected chi connectivity index (χ0v) is 49.4. The van der Waals surface area contributed by atoms with E-state index < -0.39 is 0 Å². The molecule has 12 heteroatoms. The predicted molar refractivity (Wildman–Crippen MR) is 285 cm³/mol. The van der Waals surface area contributed by atoms with Gasteiger partial charge in [-0.2, -0.15) is 0 Å². The number of hydrogen-bond acceptors (Lipinski definition) is 11. The van der Waals surface area contributed by atoms with Gasteiger partial charge >= 0.3 is 0 Å². The molecule has 0 atom stereocenters. The van der Waals surface area contributed by atoms with Crippen LogP contribution in [0.5, 0.6) is 0 Å². The van der Waals surface area contributed by atoms with E-state index in [9.17, 15) is 0 Å². The number of hydrogen-bond donors (Lipinski definition) is 0. The van der Waals surface area contributed by atoms with Crippen LogP contribution in [-0.2, 0) is 73.8 Å². The summed E-state index contributed by atoms with van der Waals surface area (Å²) in [5.74, 6) is 0. The first-order chi connectivity index (χ1) is 33.3.